The number of aromatic nitrogens is 3. The molecular weight excluding hydrogens is 364 g/mol. The van der Waals surface area contributed by atoms with Gasteiger partial charge in [0.15, 0.2) is 9.84 Å². The van der Waals surface area contributed by atoms with Crippen LogP contribution in [0.3, 0.4) is 0 Å². The highest BCUT2D eigenvalue weighted by Crippen LogP contribution is 2.17. The van der Waals surface area contributed by atoms with E-state index in [1.165, 1.54) is 6.07 Å². The molecule has 0 fully saturated rings. The molecule has 0 aliphatic heterocycles. The molecule has 0 aliphatic rings. The fourth-order valence-corrected chi connectivity index (χ4v) is 3.74. The zero-order valence-corrected chi connectivity index (χ0v) is 16.1. The Morgan fingerprint density at radius 3 is 2.56 bits per heavy atom. The highest BCUT2D eigenvalue weighted by molar-refractivity contribution is 7.90. The molecule has 0 saturated carbocycles. The van der Waals surface area contributed by atoms with Gasteiger partial charge in [0, 0.05) is 37.0 Å². The van der Waals surface area contributed by atoms with Gasteiger partial charge in [-0.1, -0.05) is 6.07 Å². The first-order valence-electron chi connectivity index (χ1n) is 8.30. The van der Waals surface area contributed by atoms with Crippen molar-refractivity contribution >= 4 is 15.7 Å². The third-order valence-corrected chi connectivity index (χ3v) is 5.42. The number of nitrogens with one attached hydrogen (secondary N) is 1. The van der Waals surface area contributed by atoms with Crippen molar-refractivity contribution in [3.63, 3.8) is 0 Å². The van der Waals surface area contributed by atoms with E-state index >= 15 is 0 Å². The van der Waals surface area contributed by atoms with Gasteiger partial charge in [-0.2, -0.15) is 0 Å². The van der Waals surface area contributed by atoms with E-state index in [0.29, 0.717) is 23.5 Å². The summed E-state index contributed by atoms with van der Waals surface area (Å²) < 4.78 is 25.5. The minimum Gasteiger partial charge on any atom is -0.348 e. The summed E-state index contributed by atoms with van der Waals surface area (Å²) in [5.74, 6) is 1.19. The van der Waals surface area contributed by atoms with Crippen LogP contribution < -0.4 is 5.32 Å². The number of rotatable bonds is 5. The lowest BCUT2D eigenvalue weighted by Crippen LogP contribution is -2.23. The number of sulfone groups is 1. The van der Waals surface area contributed by atoms with E-state index in [9.17, 15) is 13.2 Å². The predicted octanol–water partition coefficient (Wildman–Crippen LogP) is 2.22. The second-order valence-electron chi connectivity index (χ2n) is 6.30. The fraction of sp³-hybridized carbons (Fsp3) is 0.211. The van der Waals surface area contributed by atoms with E-state index in [4.69, 9.17) is 0 Å². The topological polar surface area (TPSA) is 93.9 Å². The Morgan fingerprint density at radius 2 is 1.89 bits per heavy atom. The molecule has 0 saturated heterocycles. The third kappa shape index (κ3) is 4.22. The largest absolute Gasteiger partial charge is 0.348 e. The van der Waals surface area contributed by atoms with Crippen molar-refractivity contribution in [3.8, 4) is 5.82 Å². The second kappa shape index (κ2) is 7.32. The van der Waals surface area contributed by atoms with Crippen LogP contribution in [-0.2, 0) is 16.4 Å². The van der Waals surface area contributed by atoms with Gasteiger partial charge in [0.2, 0.25) is 0 Å². The van der Waals surface area contributed by atoms with Crippen molar-refractivity contribution in [2.75, 3.05) is 6.26 Å². The number of amides is 1. The predicted molar refractivity (Wildman–Crippen MR) is 102 cm³/mol. The van der Waals surface area contributed by atoms with Crippen LogP contribution in [0, 0.1) is 13.8 Å². The van der Waals surface area contributed by atoms with Crippen LogP contribution >= 0.6 is 0 Å². The number of nitrogens with zero attached hydrogens (tertiary/aromatic N) is 3. The first-order valence-corrected chi connectivity index (χ1v) is 10.2. The maximum Gasteiger partial charge on any atom is 0.251 e. The molecule has 0 bridgehead atoms. The van der Waals surface area contributed by atoms with E-state index in [1.54, 1.807) is 31.5 Å². The number of hydrogen-bond acceptors (Lipinski definition) is 5. The zero-order valence-electron chi connectivity index (χ0n) is 15.3. The molecule has 1 N–H and O–H groups in total. The lowest BCUT2D eigenvalue weighted by molar-refractivity contribution is 0.0950. The molecule has 8 heteroatoms. The Labute approximate surface area is 158 Å². The van der Waals surface area contributed by atoms with Crippen LogP contribution in [0.5, 0.6) is 0 Å². The smallest absolute Gasteiger partial charge is 0.251 e. The van der Waals surface area contributed by atoms with Gasteiger partial charge in [-0.3, -0.25) is 9.36 Å². The van der Waals surface area contributed by atoms with Gasteiger partial charge >= 0.3 is 0 Å². The van der Waals surface area contributed by atoms with Gasteiger partial charge < -0.3 is 5.32 Å². The SMILES string of the molecule is Cc1ccc(C(=O)NCc2ccnc(-n3ccnc3C)c2)cc1S(C)(=O)=O. The molecule has 7 nitrogen and oxygen atoms in total. The first kappa shape index (κ1) is 18.8. The highest BCUT2D eigenvalue weighted by Gasteiger charge is 2.14. The van der Waals surface area contributed by atoms with Crippen LogP contribution in [0.4, 0.5) is 0 Å². The van der Waals surface area contributed by atoms with Crippen molar-refractivity contribution in [2.45, 2.75) is 25.3 Å². The number of imidazole rings is 1. The van der Waals surface area contributed by atoms with Crippen LogP contribution in [0.15, 0.2) is 53.8 Å². The average molecular weight is 384 g/mol. The summed E-state index contributed by atoms with van der Waals surface area (Å²) in [5, 5.41) is 2.81. The Bertz CT molecular complexity index is 1100. The van der Waals surface area contributed by atoms with Gasteiger partial charge in [-0.15, -0.1) is 0 Å². The molecule has 0 aliphatic carbocycles. The third-order valence-electron chi connectivity index (χ3n) is 4.19. The van der Waals surface area contributed by atoms with E-state index < -0.39 is 9.84 Å². The standard InChI is InChI=1S/C19H20N4O3S/c1-13-4-5-16(11-17(13)27(3,25)26)19(24)22-12-15-6-7-21-18(10-15)23-9-8-20-14(23)2/h4-11H,12H2,1-3H3,(H,22,24). The van der Waals surface area contributed by atoms with Crippen LogP contribution in [0.2, 0.25) is 0 Å². The molecule has 0 spiro atoms. The second-order valence-corrected chi connectivity index (χ2v) is 8.29. The summed E-state index contributed by atoms with van der Waals surface area (Å²) in [6.07, 6.45) is 6.32. The molecule has 3 rings (SSSR count). The number of pyridine rings is 1. The summed E-state index contributed by atoms with van der Waals surface area (Å²) in [6, 6.07) is 8.34. The molecule has 3 aromatic rings. The van der Waals surface area contributed by atoms with Crippen molar-refractivity contribution in [1.82, 2.24) is 19.9 Å². The fourth-order valence-electron chi connectivity index (χ4n) is 2.75. The minimum atomic E-state index is -3.39. The van der Waals surface area contributed by atoms with Gasteiger partial charge in [0.25, 0.3) is 5.91 Å². The Hall–Kier alpha value is -3.00. The Balaban J connectivity index is 1.76. The molecular formula is C19H20N4O3S. The van der Waals surface area contributed by atoms with Crippen LogP contribution in [-0.4, -0.2) is 35.1 Å². The first-order chi connectivity index (χ1) is 12.8. The van der Waals surface area contributed by atoms with Gasteiger partial charge in [-0.05, 0) is 49.2 Å². The summed E-state index contributed by atoms with van der Waals surface area (Å²) >= 11 is 0. The molecule has 140 valence electrons. The van der Waals surface area contributed by atoms with Crippen molar-refractivity contribution < 1.29 is 13.2 Å². The van der Waals surface area contributed by atoms with Crippen LogP contribution in [0.25, 0.3) is 5.82 Å². The van der Waals surface area contributed by atoms with Crippen molar-refractivity contribution in [2.24, 2.45) is 0 Å². The van der Waals surface area contributed by atoms with Gasteiger partial charge in [0.1, 0.15) is 11.6 Å². The number of aryl methyl sites for hydroxylation is 2. The summed E-state index contributed by atoms with van der Waals surface area (Å²) in [5.41, 5.74) is 1.79. The summed E-state index contributed by atoms with van der Waals surface area (Å²) in [4.78, 5) is 21.1. The lowest BCUT2D eigenvalue weighted by Gasteiger charge is -2.10. The lowest BCUT2D eigenvalue weighted by atomic mass is 10.1. The normalized spacial score (nSPS) is 11.4. The van der Waals surface area contributed by atoms with Crippen molar-refractivity contribution in [1.29, 1.82) is 0 Å². The summed E-state index contributed by atoms with van der Waals surface area (Å²) in [6.45, 7) is 3.88. The average Bonchev–Trinajstić information content (AvgIpc) is 3.05. The zero-order chi connectivity index (χ0) is 19.6. The summed E-state index contributed by atoms with van der Waals surface area (Å²) in [7, 11) is -3.39. The van der Waals surface area contributed by atoms with E-state index in [1.807, 2.05) is 29.8 Å². The number of hydrogen-bond donors (Lipinski definition) is 1. The van der Waals surface area contributed by atoms with Gasteiger partial charge in [0.05, 0.1) is 4.90 Å². The number of carbonyl (C=O) groups is 1. The monoisotopic (exact) mass is 384 g/mol. The van der Waals surface area contributed by atoms with Crippen molar-refractivity contribution in [3.05, 3.63) is 71.4 Å². The molecule has 0 atom stereocenters. The molecule has 27 heavy (non-hydrogen) atoms. The van der Waals surface area contributed by atoms with Crippen LogP contribution in [0.1, 0.15) is 27.3 Å². The number of benzene rings is 1. The molecule has 0 unspecified atom stereocenters. The highest BCUT2D eigenvalue weighted by atomic mass is 32.2. The maximum atomic E-state index is 12.4. The molecule has 1 amide bonds. The molecule has 2 heterocycles. The quantitative estimate of drug-likeness (QED) is 0.728. The van der Waals surface area contributed by atoms with E-state index in [0.717, 1.165) is 17.6 Å². The molecule has 1 aromatic carbocycles. The van der Waals surface area contributed by atoms with E-state index in [-0.39, 0.29) is 10.8 Å². The maximum absolute atomic E-state index is 12.4. The number of carbonyl (C=O) groups excluding carboxylic acids is 1. The Morgan fingerprint density at radius 1 is 1.11 bits per heavy atom. The van der Waals surface area contributed by atoms with E-state index in [2.05, 4.69) is 15.3 Å². The van der Waals surface area contributed by atoms with Gasteiger partial charge in [-0.25, -0.2) is 18.4 Å². The minimum absolute atomic E-state index is 0.164. The molecule has 0 radical (unpaired) electrons. The Kier molecular flexibility index (Phi) is 5.09. The molecule has 2 aromatic heterocycles.